The van der Waals surface area contributed by atoms with Crippen LogP contribution in [-0.2, 0) is 29.1 Å². The van der Waals surface area contributed by atoms with Gasteiger partial charge in [0.15, 0.2) is 0 Å². The van der Waals surface area contributed by atoms with Gasteiger partial charge in [-0.05, 0) is 12.8 Å². The van der Waals surface area contributed by atoms with Gasteiger partial charge < -0.3 is 0 Å². The highest BCUT2D eigenvalue weighted by atomic mass is 35.5. The Bertz CT molecular complexity index is 632. The Morgan fingerprint density at radius 1 is 0.435 bits per heavy atom. The molecule has 1 atom stereocenters. The Balaban J connectivity index is 3.47. The highest BCUT2D eigenvalue weighted by Gasteiger charge is 2.15. The highest BCUT2D eigenvalue weighted by molar-refractivity contribution is 6.18. The molecule has 0 saturated heterocycles. The fraction of sp³-hybridized carbons (Fsp3) is 0.949. The first-order valence-corrected chi connectivity index (χ1v) is 20.4. The van der Waals surface area contributed by atoms with Crippen LogP contribution in [0.2, 0.25) is 0 Å². The van der Waals surface area contributed by atoms with Crippen molar-refractivity contribution in [3.63, 3.8) is 0 Å². The van der Waals surface area contributed by atoms with E-state index in [9.17, 15) is 9.59 Å². The van der Waals surface area contributed by atoms with E-state index in [1.807, 2.05) is 0 Å². The van der Waals surface area contributed by atoms with Crippen LogP contribution in [0.15, 0.2) is 0 Å². The van der Waals surface area contributed by atoms with E-state index in [1.54, 1.807) is 0 Å². The van der Waals surface area contributed by atoms with Gasteiger partial charge in [-0.15, -0.1) is 11.6 Å². The SMILES string of the molecule is CCCCCCCCCCCCCCCCCC(=O)OOCC(CCl)OOC(=O)CCCCCCCCCCCCCCCCC. The number of carbonyl (C=O) groups is 2. The van der Waals surface area contributed by atoms with Crippen molar-refractivity contribution in [1.82, 2.24) is 0 Å². The van der Waals surface area contributed by atoms with Gasteiger partial charge in [-0.1, -0.05) is 194 Å². The summed E-state index contributed by atoms with van der Waals surface area (Å²) in [4.78, 5) is 43.7. The molecule has 0 saturated carbocycles. The molecule has 0 rings (SSSR count). The predicted molar refractivity (Wildman–Crippen MR) is 193 cm³/mol. The number of unbranched alkanes of at least 4 members (excludes halogenated alkanes) is 28. The molecular formula is C39H75ClO6. The van der Waals surface area contributed by atoms with Gasteiger partial charge >= 0.3 is 11.9 Å². The molecule has 0 spiro atoms. The van der Waals surface area contributed by atoms with Crippen molar-refractivity contribution in [3.05, 3.63) is 0 Å². The molecule has 0 aliphatic carbocycles. The molecule has 7 heteroatoms. The van der Waals surface area contributed by atoms with E-state index < -0.39 is 18.0 Å². The topological polar surface area (TPSA) is 71.1 Å². The molecule has 0 aliphatic rings. The lowest BCUT2D eigenvalue weighted by Crippen LogP contribution is -2.24. The van der Waals surface area contributed by atoms with Gasteiger partial charge in [0.05, 0.1) is 5.88 Å². The second kappa shape index (κ2) is 38.6. The number of hydrogen-bond acceptors (Lipinski definition) is 6. The van der Waals surface area contributed by atoms with Gasteiger partial charge in [0, 0.05) is 12.8 Å². The Morgan fingerprint density at radius 2 is 0.717 bits per heavy atom. The number of hydrogen-bond donors (Lipinski definition) is 0. The average molecular weight is 675 g/mol. The molecule has 274 valence electrons. The molecule has 46 heavy (non-hydrogen) atoms. The van der Waals surface area contributed by atoms with Crippen molar-refractivity contribution in [2.24, 2.45) is 0 Å². The molecule has 0 aromatic carbocycles. The van der Waals surface area contributed by atoms with Crippen LogP contribution in [0.5, 0.6) is 0 Å². The normalized spacial score (nSPS) is 12.0. The number of alkyl halides is 1. The lowest BCUT2D eigenvalue weighted by molar-refractivity contribution is -0.332. The molecule has 0 aromatic heterocycles. The summed E-state index contributed by atoms with van der Waals surface area (Å²) in [5.41, 5.74) is 0. The second-order valence-corrected chi connectivity index (χ2v) is 13.8. The first kappa shape index (κ1) is 45.2. The summed E-state index contributed by atoms with van der Waals surface area (Å²) in [6.45, 7) is 4.45. The molecule has 0 bridgehead atoms. The first-order valence-electron chi connectivity index (χ1n) is 19.9. The third-order valence-electron chi connectivity index (χ3n) is 8.82. The molecule has 0 aromatic rings. The van der Waals surface area contributed by atoms with E-state index in [0.29, 0.717) is 12.8 Å². The van der Waals surface area contributed by atoms with Crippen LogP contribution in [0.4, 0.5) is 0 Å². The highest BCUT2D eigenvalue weighted by Crippen LogP contribution is 2.15. The van der Waals surface area contributed by atoms with Gasteiger partial charge in [-0.2, -0.15) is 9.78 Å². The minimum Gasteiger partial charge on any atom is -0.298 e. The average Bonchev–Trinajstić information content (AvgIpc) is 3.06. The minimum atomic E-state index is -0.690. The van der Waals surface area contributed by atoms with E-state index in [4.69, 9.17) is 31.2 Å². The summed E-state index contributed by atoms with van der Waals surface area (Å²) in [6, 6.07) is 0. The molecule has 0 N–H and O–H groups in total. The molecule has 0 heterocycles. The standard InChI is InChI=1S/C39H75ClO6/c1-3-5-7-9-11-13-15-17-19-21-23-25-27-29-31-33-38(41)45-43-36-37(35-40)44-46-39(42)34-32-30-28-26-24-22-20-18-16-14-12-10-8-6-4-2/h37H,3-36H2,1-2H3. The molecule has 0 amide bonds. The zero-order chi connectivity index (χ0) is 33.6. The number of halogens is 1. The molecular weight excluding hydrogens is 600 g/mol. The maximum absolute atomic E-state index is 12.0. The summed E-state index contributed by atoms with van der Waals surface area (Å²) < 4.78 is 0. The van der Waals surface area contributed by atoms with E-state index in [2.05, 4.69) is 13.8 Å². The maximum atomic E-state index is 12.0. The van der Waals surface area contributed by atoms with Crippen LogP contribution >= 0.6 is 11.6 Å². The van der Waals surface area contributed by atoms with Gasteiger partial charge in [0.2, 0.25) is 0 Å². The van der Waals surface area contributed by atoms with Crippen molar-refractivity contribution in [2.45, 2.75) is 225 Å². The molecule has 0 aliphatic heterocycles. The third kappa shape index (κ3) is 36.0. The van der Waals surface area contributed by atoms with Crippen LogP contribution in [0, 0.1) is 0 Å². The third-order valence-corrected chi connectivity index (χ3v) is 9.17. The van der Waals surface area contributed by atoms with Gasteiger partial charge in [-0.25, -0.2) is 9.59 Å². The van der Waals surface area contributed by atoms with Crippen LogP contribution in [0.1, 0.15) is 219 Å². The van der Waals surface area contributed by atoms with Crippen LogP contribution in [0.3, 0.4) is 0 Å². The quantitative estimate of drug-likeness (QED) is 0.0281. The smallest absolute Gasteiger partial charge is 0.298 e. The zero-order valence-corrected chi connectivity index (χ0v) is 31.2. The van der Waals surface area contributed by atoms with E-state index >= 15 is 0 Å². The van der Waals surface area contributed by atoms with E-state index in [-0.39, 0.29) is 12.5 Å². The largest absolute Gasteiger partial charge is 0.342 e. The summed E-state index contributed by atoms with van der Waals surface area (Å²) >= 11 is 5.88. The Morgan fingerprint density at radius 3 is 1.02 bits per heavy atom. The molecule has 1 unspecified atom stereocenters. The van der Waals surface area contributed by atoms with Crippen molar-refractivity contribution in [2.75, 3.05) is 12.5 Å². The van der Waals surface area contributed by atoms with Crippen molar-refractivity contribution in [1.29, 1.82) is 0 Å². The Kier molecular flexibility index (Phi) is 37.9. The van der Waals surface area contributed by atoms with Gasteiger partial charge in [0.25, 0.3) is 0 Å². The lowest BCUT2D eigenvalue weighted by atomic mass is 10.0. The van der Waals surface area contributed by atoms with Crippen LogP contribution < -0.4 is 0 Å². The maximum Gasteiger partial charge on any atom is 0.342 e. The Hall–Kier alpha value is -0.850. The molecule has 0 radical (unpaired) electrons. The number of carbonyl (C=O) groups excluding carboxylic acids is 2. The van der Waals surface area contributed by atoms with Crippen molar-refractivity contribution in [3.8, 4) is 0 Å². The Labute approximate surface area is 290 Å². The zero-order valence-electron chi connectivity index (χ0n) is 30.4. The van der Waals surface area contributed by atoms with E-state index in [1.165, 1.54) is 154 Å². The monoisotopic (exact) mass is 675 g/mol. The van der Waals surface area contributed by atoms with Crippen molar-refractivity contribution >= 4 is 23.5 Å². The van der Waals surface area contributed by atoms with Crippen LogP contribution in [-0.4, -0.2) is 30.5 Å². The molecule has 0 fully saturated rings. The summed E-state index contributed by atoms with van der Waals surface area (Å²) in [6.07, 6.45) is 38.4. The van der Waals surface area contributed by atoms with E-state index in [0.717, 1.165) is 38.5 Å². The summed E-state index contributed by atoms with van der Waals surface area (Å²) in [7, 11) is 0. The summed E-state index contributed by atoms with van der Waals surface area (Å²) in [5, 5.41) is 0. The molecule has 6 nitrogen and oxygen atoms in total. The predicted octanol–water partition coefficient (Wildman–Crippen LogP) is 13.1. The fourth-order valence-corrected chi connectivity index (χ4v) is 5.90. The first-order chi connectivity index (χ1) is 22.6. The van der Waals surface area contributed by atoms with Gasteiger partial charge in [0.1, 0.15) is 12.7 Å². The number of rotatable bonds is 38. The second-order valence-electron chi connectivity index (χ2n) is 13.5. The van der Waals surface area contributed by atoms with Crippen LogP contribution in [0.25, 0.3) is 0 Å². The van der Waals surface area contributed by atoms with Crippen molar-refractivity contribution < 1.29 is 29.1 Å². The minimum absolute atomic E-state index is 0.0584. The summed E-state index contributed by atoms with van der Waals surface area (Å²) in [5.74, 6) is -0.744. The van der Waals surface area contributed by atoms with Gasteiger partial charge in [-0.3, -0.25) is 9.78 Å². The fourth-order valence-electron chi connectivity index (χ4n) is 5.76. The lowest BCUT2D eigenvalue weighted by Gasteiger charge is -2.12.